The van der Waals surface area contributed by atoms with Crippen LogP contribution in [0, 0.1) is 17.8 Å². The maximum absolute atomic E-state index is 12.6. The van der Waals surface area contributed by atoms with E-state index in [0.29, 0.717) is 18.3 Å². The Labute approximate surface area is 149 Å². The first kappa shape index (κ1) is 19.3. The van der Waals surface area contributed by atoms with Crippen LogP contribution in [0.4, 0.5) is 0 Å². The summed E-state index contributed by atoms with van der Waals surface area (Å²) in [6, 6.07) is 5.92. The van der Waals surface area contributed by atoms with Gasteiger partial charge in [-0.3, -0.25) is 4.79 Å². The van der Waals surface area contributed by atoms with Gasteiger partial charge in [0.2, 0.25) is 5.91 Å². The Morgan fingerprint density at radius 1 is 1.16 bits per heavy atom. The summed E-state index contributed by atoms with van der Waals surface area (Å²) in [6.45, 7) is 4.46. The lowest BCUT2D eigenvalue weighted by Crippen LogP contribution is -2.46. The van der Waals surface area contributed by atoms with Crippen LogP contribution >= 0.6 is 0 Å². The Morgan fingerprint density at radius 3 is 2.28 bits per heavy atom. The van der Waals surface area contributed by atoms with Crippen LogP contribution in [-0.4, -0.2) is 30.1 Å². The van der Waals surface area contributed by atoms with Gasteiger partial charge in [-0.05, 0) is 55.2 Å². The third kappa shape index (κ3) is 5.48. The van der Waals surface area contributed by atoms with Crippen molar-refractivity contribution in [3.8, 4) is 5.75 Å². The minimum Gasteiger partial charge on any atom is -0.508 e. The minimum absolute atomic E-state index is 0.0260. The molecule has 1 atom stereocenters. The standard InChI is InChI=1S/C20H29NO4/c1-13(2)15-6-8-16(9-7-15)19(23)21-18(20(24)25-3)12-14-4-10-17(22)11-5-14/h4-5,10-11,13,15-16,18,22H,6-9,12H2,1-3H3,(H,21,23). The van der Waals surface area contributed by atoms with Crippen molar-refractivity contribution >= 4 is 11.9 Å². The third-order valence-electron chi connectivity index (χ3n) is 5.26. The van der Waals surface area contributed by atoms with E-state index in [2.05, 4.69) is 19.2 Å². The van der Waals surface area contributed by atoms with E-state index in [-0.39, 0.29) is 17.6 Å². The zero-order valence-electron chi connectivity index (χ0n) is 15.3. The first-order valence-corrected chi connectivity index (χ1v) is 9.06. The second-order valence-corrected chi connectivity index (χ2v) is 7.31. The lowest BCUT2D eigenvalue weighted by Gasteiger charge is -2.31. The number of carbonyl (C=O) groups is 2. The predicted octanol–water partition coefficient (Wildman–Crippen LogP) is 3.05. The summed E-state index contributed by atoms with van der Waals surface area (Å²) in [7, 11) is 1.33. The molecule has 0 heterocycles. The number of carbonyl (C=O) groups excluding carboxylic acids is 2. The van der Waals surface area contributed by atoms with Crippen LogP contribution in [0.15, 0.2) is 24.3 Å². The highest BCUT2D eigenvalue weighted by atomic mass is 16.5. The van der Waals surface area contributed by atoms with E-state index < -0.39 is 12.0 Å². The van der Waals surface area contributed by atoms with Gasteiger partial charge in [0.1, 0.15) is 11.8 Å². The molecule has 2 rings (SSSR count). The Hall–Kier alpha value is -2.04. The normalized spacial score (nSPS) is 21.6. The van der Waals surface area contributed by atoms with Gasteiger partial charge >= 0.3 is 5.97 Å². The highest BCUT2D eigenvalue weighted by molar-refractivity contribution is 5.86. The number of phenolic OH excluding ortho intramolecular Hbond substituents is 1. The van der Waals surface area contributed by atoms with Gasteiger partial charge in [0.15, 0.2) is 0 Å². The molecule has 1 saturated carbocycles. The number of esters is 1. The van der Waals surface area contributed by atoms with E-state index in [0.717, 1.165) is 31.2 Å². The van der Waals surface area contributed by atoms with Gasteiger partial charge in [-0.25, -0.2) is 4.79 Å². The fourth-order valence-corrected chi connectivity index (χ4v) is 3.54. The number of methoxy groups -OCH3 is 1. The van der Waals surface area contributed by atoms with Crippen molar-refractivity contribution in [3.05, 3.63) is 29.8 Å². The van der Waals surface area contributed by atoms with Crippen LogP contribution in [0.25, 0.3) is 0 Å². The summed E-state index contributed by atoms with van der Waals surface area (Å²) in [4.78, 5) is 24.6. The van der Waals surface area contributed by atoms with Crippen LogP contribution in [-0.2, 0) is 20.7 Å². The molecule has 25 heavy (non-hydrogen) atoms. The number of hydrogen-bond donors (Lipinski definition) is 2. The molecule has 1 unspecified atom stereocenters. The van der Waals surface area contributed by atoms with Crippen molar-refractivity contribution in [1.29, 1.82) is 0 Å². The van der Waals surface area contributed by atoms with E-state index >= 15 is 0 Å². The molecule has 1 amide bonds. The van der Waals surface area contributed by atoms with Gasteiger partial charge in [0.25, 0.3) is 0 Å². The zero-order valence-corrected chi connectivity index (χ0v) is 15.3. The van der Waals surface area contributed by atoms with Crippen LogP contribution in [0.5, 0.6) is 5.75 Å². The zero-order chi connectivity index (χ0) is 18.4. The first-order chi connectivity index (χ1) is 11.9. The number of benzene rings is 1. The van der Waals surface area contributed by atoms with Gasteiger partial charge in [-0.2, -0.15) is 0 Å². The lowest BCUT2D eigenvalue weighted by atomic mass is 9.76. The van der Waals surface area contributed by atoms with E-state index in [9.17, 15) is 14.7 Å². The van der Waals surface area contributed by atoms with Crippen molar-refractivity contribution in [1.82, 2.24) is 5.32 Å². The van der Waals surface area contributed by atoms with Crippen LogP contribution in [0.1, 0.15) is 45.1 Å². The maximum atomic E-state index is 12.6. The molecule has 1 aromatic rings. The maximum Gasteiger partial charge on any atom is 0.328 e. The minimum atomic E-state index is -0.704. The molecule has 1 aliphatic carbocycles. The summed E-state index contributed by atoms with van der Waals surface area (Å²) in [5.41, 5.74) is 0.858. The second kappa shape index (κ2) is 8.88. The topological polar surface area (TPSA) is 75.6 Å². The number of nitrogens with one attached hydrogen (secondary N) is 1. The molecule has 1 aliphatic rings. The van der Waals surface area contributed by atoms with E-state index in [4.69, 9.17) is 4.74 Å². The van der Waals surface area contributed by atoms with Gasteiger partial charge in [0.05, 0.1) is 7.11 Å². The van der Waals surface area contributed by atoms with Crippen molar-refractivity contribution in [3.63, 3.8) is 0 Å². The van der Waals surface area contributed by atoms with Gasteiger partial charge in [-0.15, -0.1) is 0 Å². The Bertz CT molecular complexity index is 574. The molecule has 0 aromatic heterocycles. The molecule has 2 N–H and O–H groups in total. The van der Waals surface area contributed by atoms with Gasteiger partial charge < -0.3 is 15.2 Å². The molecule has 0 saturated heterocycles. The van der Waals surface area contributed by atoms with Crippen LogP contribution in [0.3, 0.4) is 0 Å². The summed E-state index contributed by atoms with van der Waals surface area (Å²) in [5.74, 6) is 0.985. The molecule has 0 aliphatic heterocycles. The Kier molecular flexibility index (Phi) is 6.85. The van der Waals surface area contributed by atoms with Gasteiger partial charge in [-0.1, -0.05) is 26.0 Å². The molecular formula is C20H29NO4. The lowest BCUT2D eigenvalue weighted by molar-refractivity contribution is -0.145. The monoisotopic (exact) mass is 347 g/mol. The molecule has 1 aromatic carbocycles. The smallest absolute Gasteiger partial charge is 0.328 e. The largest absolute Gasteiger partial charge is 0.508 e. The average molecular weight is 347 g/mol. The molecule has 1 fully saturated rings. The van der Waals surface area contributed by atoms with Gasteiger partial charge in [0, 0.05) is 12.3 Å². The SMILES string of the molecule is COC(=O)C(Cc1ccc(O)cc1)NC(=O)C1CCC(C(C)C)CC1. The van der Waals surface area contributed by atoms with E-state index in [1.54, 1.807) is 24.3 Å². The second-order valence-electron chi connectivity index (χ2n) is 7.31. The predicted molar refractivity (Wildman–Crippen MR) is 96.0 cm³/mol. The molecule has 0 bridgehead atoms. The number of hydrogen-bond acceptors (Lipinski definition) is 4. The molecule has 0 radical (unpaired) electrons. The number of amides is 1. The van der Waals surface area contributed by atoms with Crippen LogP contribution < -0.4 is 5.32 Å². The Morgan fingerprint density at radius 2 is 1.76 bits per heavy atom. The molecule has 5 heteroatoms. The highest BCUT2D eigenvalue weighted by Crippen LogP contribution is 2.33. The number of aromatic hydroxyl groups is 1. The first-order valence-electron chi connectivity index (χ1n) is 9.06. The molecule has 0 spiro atoms. The number of rotatable bonds is 6. The third-order valence-corrected chi connectivity index (χ3v) is 5.26. The summed E-state index contributed by atoms with van der Waals surface area (Å²) in [6.07, 6.45) is 4.23. The van der Waals surface area contributed by atoms with Crippen molar-refractivity contribution < 1.29 is 19.4 Å². The van der Waals surface area contributed by atoms with E-state index in [1.807, 2.05) is 0 Å². The summed E-state index contributed by atoms with van der Waals surface area (Å²) in [5, 5.41) is 12.2. The summed E-state index contributed by atoms with van der Waals surface area (Å²) < 4.78 is 4.84. The number of phenols is 1. The fourth-order valence-electron chi connectivity index (χ4n) is 3.54. The van der Waals surface area contributed by atoms with E-state index in [1.165, 1.54) is 7.11 Å². The quantitative estimate of drug-likeness (QED) is 0.776. The molecular weight excluding hydrogens is 318 g/mol. The summed E-state index contributed by atoms with van der Waals surface area (Å²) >= 11 is 0. The molecule has 5 nitrogen and oxygen atoms in total. The van der Waals surface area contributed by atoms with Crippen molar-refractivity contribution in [2.24, 2.45) is 17.8 Å². The average Bonchev–Trinajstić information content (AvgIpc) is 2.62. The highest BCUT2D eigenvalue weighted by Gasteiger charge is 2.30. The van der Waals surface area contributed by atoms with Crippen molar-refractivity contribution in [2.45, 2.75) is 52.0 Å². The number of ether oxygens (including phenoxy) is 1. The van der Waals surface area contributed by atoms with Crippen molar-refractivity contribution in [2.75, 3.05) is 7.11 Å². The fraction of sp³-hybridized carbons (Fsp3) is 0.600. The van der Waals surface area contributed by atoms with Crippen LogP contribution in [0.2, 0.25) is 0 Å². The molecule has 138 valence electrons. The Balaban J connectivity index is 1.96.